The van der Waals surface area contributed by atoms with Crippen molar-refractivity contribution < 1.29 is 4.39 Å². The fourth-order valence-electron chi connectivity index (χ4n) is 3.48. The summed E-state index contributed by atoms with van der Waals surface area (Å²) in [6, 6.07) is 9.02. The van der Waals surface area contributed by atoms with Crippen molar-refractivity contribution in [2.24, 2.45) is 7.05 Å². The number of benzene rings is 1. The molecule has 7 heteroatoms. The van der Waals surface area contributed by atoms with Crippen molar-refractivity contribution in [2.45, 2.75) is 26.2 Å². The number of halogens is 1. The van der Waals surface area contributed by atoms with E-state index in [-0.39, 0.29) is 5.69 Å². The smallest absolute Gasteiger partial charge is 0.303 e. The van der Waals surface area contributed by atoms with Crippen molar-refractivity contribution in [3.63, 3.8) is 0 Å². The summed E-state index contributed by atoms with van der Waals surface area (Å²) < 4.78 is 14.8. The Morgan fingerprint density at radius 3 is 2.65 bits per heavy atom. The molecule has 0 aliphatic carbocycles. The number of H-pyrrole nitrogens is 1. The van der Waals surface area contributed by atoms with Crippen LogP contribution in [0.3, 0.4) is 0 Å². The van der Waals surface area contributed by atoms with Crippen LogP contribution in [0.4, 0.5) is 4.39 Å². The second-order valence-corrected chi connectivity index (χ2v) is 7.01. The molecule has 3 aromatic heterocycles. The predicted octanol–water partition coefficient (Wildman–Crippen LogP) is 2.98. The van der Waals surface area contributed by atoms with E-state index >= 15 is 0 Å². The average Bonchev–Trinajstić information content (AvgIpc) is 2.89. The van der Waals surface area contributed by atoms with Crippen LogP contribution in [0.2, 0.25) is 0 Å². The summed E-state index contributed by atoms with van der Waals surface area (Å²) in [5.41, 5.74) is 3.85. The largest absolute Gasteiger partial charge is 0.327 e. The minimum Gasteiger partial charge on any atom is -0.303 e. The number of aryl methyl sites for hydroxylation is 2. The highest BCUT2D eigenvalue weighted by atomic mass is 19.1. The standard InChI is InChI=1S/C19H18FN5O/c1-10-13(6-8-15(20)21-10)19(2,3)11-5-7-14-12(9-11)16-17(24-23-14)25(4)18(26)22-16/h5-9H,1-4H3,(H,22,26). The van der Waals surface area contributed by atoms with Gasteiger partial charge in [0.05, 0.1) is 11.0 Å². The van der Waals surface area contributed by atoms with Crippen LogP contribution in [0.25, 0.3) is 22.1 Å². The van der Waals surface area contributed by atoms with Crippen LogP contribution in [0.5, 0.6) is 0 Å². The lowest BCUT2D eigenvalue weighted by molar-refractivity contribution is 0.566. The number of imidazole rings is 1. The second-order valence-electron chi connectivity index (χ2n) is 7.01. The first kappa shape index (κ1) is 16.4. The molecule has 0 saturated heterocycles. The zero-order valence-electron chi connectivity index (χ0n) is 15.0. The first-order valence-corrected chi connectivity index (χ1v) is 8.28. The molecule has 4 aromatic rings. The van der Waals surface area contributed by atoms with Gasteiger partial charge in [-0.2, -0.15) is 4.39 Å². The number of pyridine rings is 1. The summed E-state index contributed by atoms with van der Waals surface area (Å²) in [6.45, 7) is 5.94. The molecule has 4 rings (SSSR count). The Labute approximate surface area is 148 Å². The molecule has 0 aliphatic heterocycles. The van der Waals surface area contributed by atoms with Gasteiger partial charge in [0.15, 0.2) is 5.65 Å². The molecule has 0 spiro atoms. The number of aromatic nitrogens is 5. The van der Waals surface area contributed by atoms with E-state index in [1.54, 1.807) is 20.0 Å². The van der Waals surface area contributed by atoms with Gasteiger partial charge < -0.3 is 4.98 Å². The fraction of sp³-hybridized carbons (Fsp3) is 0.263. The molecule has 0 radical (unpaired) electrons. The van der Waals surface area contributed by atoms with Crippen LogP contribution in [-0.4, -0.2) is 24.7 Å². The number of aromatic amines is 1. The molecule has 0 saturated carbocycles. The third-order valence-electron chi connectivity index (χ3n) is 5.04. The zero-order valence-corrected chi connectivity index (χ0v) is 15.0. The Kier molecular flexibility index (Phi) is 3.44. The van der Waals surface area contributed by atoms with Crippen LogP contribution >= 0.6 is 0 Å². The van der Waals surface area contributed by atoms with Crippen molar-refractivity contribution in [2.75, 3.05) is 0 Å². The molecular formula is C19H18FN5O. The van der Waals surface area contributed by atoms with Gasteiger partial charge in [-0.1, -0.05) is 26.0 Å². The highest BCUT2D eigenvalue weighted by Crippen LogP contribution is 2.35. The molecule has 26 heavy (non-hydrogen) atoms. The third kappa shape index (κ3) is 2.31. The van der Waals surface area contributed by atoms with E-state index in [1.807, 2.05) is 18.2 Å². The second kappa shape index (κ2) is 5.45. The van der Waals surface area contributed by atoms with Gasteiger partial charge in [-0.05, 0) is 36.2 Å². The number of nitrogens with zero attached hydrogens (tertiary/aromatic N) is 4. The predicted molar refractivity (Wildman–Crippen MR) is 97.7 cm³/mol. The summed E-state index contributed by atoms with van der Waals surface area (Å²) in [5.74, 6) is -0.487. The molecule has 1 aromatic carbocycles. The van der Waals surface area contributed by atoms with Gasteiger partial charge in [0.25, 0.3) is 0 Å². The summed E-state index contributed by atoms with van der Waals surface area (Å²) in [6.07, 6.45) is 0. The van der Waals surface area contributed by atoms with Gasteiger partial charge in [0.2, 0.25) is 5.95 Å². The van der Waals surface area contributed by atoms with E-state index in [2.05, 4.69) is 34.0 Å². The fourth-order valence-corrected chi connectivity index (χ4v) is 3.48. The van der Waals surface area contributed by atoms with Crippen LogP contribution in [-0.2, 0) is 12.5 Å². The quantitative estimate of drug-likeness (QED) is 0.563. The summed E-state index contributed by atoms with van der Waals surface area (Å²) in [4.78, 5) is 18.8. The summed E-state index contributed by atoms with van der Waals surface area (Å²) in [5, 5.41) is 9.18. The van der Waals surface area contributed by atoms with Crippen LogP contribution < -0.4 is 5.69 Å². The molecule has 0 bridgehead atoms. The van der Waals surface area contributed by atoms with Crippen molar-refractivity contribution in [1.29, 1.82) is 0 Å². The molecule has 0 fully saturated rings. The highest BCUT2D eigenvalue weighted by molar-refractivity contribution is 6.00. The molecule has 0 atom stereocenters. The Morgan fingerprint density at radius 1 is 1.15 bits per heavy atom. The minimum atomic E-state index is -0.487. The number of nitrogens with one attached hydrogen (secondary N) is 1. The monoisotopic (exact) mass is 351 g/mol. The SMILES string of the molecule is Cc1nc(F)ccc1C(C)(C)c1ccc2nnc3c([nH]c(=O)n3C)c2c1. The topological polar surface area (TPSA) is 76.5 Å². The van der Waals surface area contributed by atoms with Gasteiger partial charge in [0.1, 0.15) is 0 Å². The van der Waals surface area contributed by atoms with E-state index in [1.165, 1.54) is 10.6 Å². The maximum atomic E-state index is 13.4. The molecule has 0 aliphatic rings. The normalized spacial score (nSPS) is 12.2. The van der Waals surface area contributed by atoms with Gasteiger partial charge in [-0.3, -0.25) is 4.57 Å². The van der Waals surface area contributed by atoms with Gasteiger partial charge in [-0.25, -0.2) is 9.78 Å². The lowest BCUT2D eigenvalue weighted by atomic mass is 9.77. The number of hydrogen-bond donors (Lipinski definition) is 1. The summed E-state index contributed by atoms with van der Waals surface area (Å²) >= 11 is 0. The van der Waals surface area contributed by atoms with Crippen molar-refractivity contribution >= 4 is 22.1 Å². The van der Waals surface area contributed by atoms with Gasteiger partial charge in [0, 0.05) is 23.5 Å². The minimum absolute atomic E-state index is 0.231. The van der Waals surface area contributed by atoms with E-state index in [0.29, 0.717) is 22.4 Å². The highest BCUT2D eigenvalue weighted by Gasteiger charge is 2.26. The van der Waals surface area contributed by atoms with Gasteiger partial charge in [-0.15, -0.1) is 10.2 Å². The Balaban J connectivity index is 1.97. The summed E-state index contributed by atoms with van der Waals surface area (Å²) in [7, 11) is 1.66. The molecule has 3 heterocycles. The molecule has 132 valence electrons. The van der Waals surface area contributed by atoms with E-state index in [4.69, 9.17) is 0 Å². The van der Waals surface area contributed by atoms with Crippen molar-refractivity contribution in [3.05, 3.63) is 63.6 Å². The number of fused-ring (bicyclic) bond motifs is 3. The molecule has 6 nitrogen and oxygen atoms in total. The number of rotatable bonds is 2. The van der Waals surface area contributed by atoms with E-state index in [9.17, 15) is 9.18 Å². The van der Waals surface area contributed by atoms with Crippen molar-refractivity contribution in [1.82, 2.24) is 24.7 Å². The maximum Gasteiger partial charge on any atom is 0.327 e. The molecule has 1 N–H and O–H groups in total. The van der Waals surface area contributed by atoms with Crippen LogP contribution in [0, 0.1) is 12.9 Å². The first-order valence-electron chi connectivity index (χ1n) is 8.28. The number of hydrogen-bond acceptors (Lipinski definition) is 4. The van der Waals surface area contributed by atoms with Gasteiger partial charge >= 0.3 is 5.69 Å². The Morgan fingerprint density at radius 2 is 1.92 bits per heavy atom. The lowest BCUT2D eigenvalue weighted by Crippen LogP contribution is -2.21. The zero-order chi connectivity index (χ0) is 18.6. The Bertz CT molecular complexity index is 1220. The molecule has 0 amide bonds. The third-order valence-corrected chi connectivity index (χ3v) is 5.04. The Hall–Kier alpha value is -3.09. The first-order chi connectivity index (χ1) is 12.3. The molecule has 0 unspecified atom stereocenters. The van der Waals surface area contributed by atoms with E-state index < -0.39 is 11.4 Å². The van der Waals surface area contributed by atoms with Crippen LogP contribution in [0.15, 0.2) is 35.1 Å². The molecular weight excluding hydrogens is 333 g/mol. The van der Waals surface area contributed by atoms with Crippen molar-refractivity contribution in [3.8, 4) is 0 Å². The van der Waals surface area contributed by atoms with E-state index in [0.717, 1.165) is 16.5 Å². The maximum absolute atomic E-state index is 13.4. The lowest BCUT2D eigenvalue weighted by Gasteiger charge is -2.27. The average molecular weight is 351 g/mol. The van der Waals surface area contributed by atoms with Crippen LogP contribution in [0.1, 0.15) is 30.7 Å².